The molecule has 0 atom stereocenters. The minimum atomic E-state index is 0.672. The highest BCUT2D eigenvalue weighted by molar-refractivity contribution is 5.69. The van der Waals surface area contributed by atoms with E-state index in [4.69, 9.17) is 5.73 Å². The van der Waals surface area contributed by atoms with Crippen LogP contribution < -0.4 is 5.73 Å². The number of rotatable bonds is 1. The lowest BCUT2D eigenvalue weighted by Gasteiger charge is -1.98. The van der Waals surface area contributed by atoms with E-state index < -0.39 is 0 Å². The molecule has 0 aliphatic carbocycles. The molecule has 2 aromatic rings. The molecule has 2 aromatic heterocycles. The topological polar surface area (TPSA) is 56.7 Å². The van der Waals surface area contributed by atoms with E-state index in [0.29, 0.717) is 5.82 Å². The number of aryl methyl sites for hydroxylation is 1. The van der Waals surface area contributed by atoms with Crippen molar-refractivity contribution in [1.29, 1.82) is 0 Å². The molecule has 0 saturated carbocycles. The third-order valence-electron chi connectivity index (χ3n) is 1.94. The second-order valence-electron chi connectivity index (χ2n) is 2.83. The minimum absolute atomic E-state index is 0.672. The van der Waals surface area contributed by atoms with Gasteiger partial charge in [0.05, 0.1) is 6.33 Å². The fourth-order valence-electron chi connectivity index (χ4n) is 1.17. The Bertz CT molecular complexity index is 405. The standard InChI is InChI=1S/C9H10N4/c1-13-6-12-8(9(13)10)7-2-4-11-5-3-7/h2-6H,10H2,1H3. The molecule has 0 amide bonds. The Morgan fingerprint density at radius 3 is 2.54 bits per heavy atom. The van der Waals surface area contributed by atoms with Crippen molar-refractivity contribution in [3.05, 3.63) is 30.9 Å². The Morgan fingerprint density at radius 1 is 1.31 bits per heavy atom. The van der Waals surface area contributed by atoms with Gasteiger partial charge in [-0.2, -0.15) is 0 Å². The van der Waals surface area contributed by atoms with Crippen LogP contribution in [0.15, 0.2) is 30.9 Å². The molecular formula is C9H10N4. The average molecular weight is 174 g/mol. The molecule has 2 N–H and O–H groups in total. The van der Waals surface area contributed by atoms with Gasteiger partial charge in [0.25, 0.3) is 0 Å². The lowest BCUT2D eigenvalue weighted by Crippen LogP contribution is -1.95. The predicted molar refractivity (Wildman–Crippen MR) is 50.9 cm³/mol. The van der Waals surface area contributed by atoms with Crippen molar-refractivity contribution in [3.8, 4) is 11.3 Å². The number of pyridine rings is 1. The number of nitrogens with two attached hydrogens (primary N) is 1. The maximum absolute atomic E-state index is 5.81. The summed E-state index contributed by atoms with van der Waals surface area (Å²) in [7, 11) is 1.87. The third-order valence-corrected chi connectivity index (χ3v) is 1.94. The van der Waals surface area contributed by atoms with Crippen LogP contribution in [0.3, 0.4) is 0 Å². The van der Waals surface area contributed by atoms with Crippen LogP contribution in [0.4, 0.5) is 5.82 Å². The molecule has 66 valence electrons. The fourth-order valence-corrected chi connectivity index (χ4v) is 1.17. The van der Waals surface area contributed by atoms with E-state index in [-0.39, 0.29) is 0 Å². The van der Waals surface area contributed by atoms with Crippen molar-refractivity contribution in [2.45, 2.75) is 0 Å². The van der Waals surface area contributed by atoms with Crippen molar-refractivity contribution in [2.75, 3.05) is 5.73 Å². The summed E-state index contributed by atoms with van der Waals surface area (Å²) in [5.74, 6) is 0.672. The maximum atomic E-state index is 5.81. The molecule has 0 aliphatic rings. The normalized spacial score (nSPS) is 10.2. The highest BCUT2D eigenvalue weighted by atomic mass is 15.1. The van der Waals surface area contributed by atoms with E-state index in [1.54, 1.807) is 23.3 Å². The van der Waals surface area contributed by atoms with Crippen LogP contribution in [0.1, 0.15) is 0 Å². The average Bonchev–Trinajstić information content (AvgIpc) is 2.49. The van der Waals surface area contributed by atoms with Gasteiger partial charge in [-0.3, -0.25) is 4.98 Å². The van der Waals surface area contributed by atoms with Crippen molar-refractivity contribution in [1.82, 2.24) is 14.5 Å². The molecule has 0 unspecified atom stereocenters. The van der Waals surface area contributed by atoms with E-state index in [1.165, 1.54) is 0 Å². The molecule has 0 bridgehead atoms. The summed E-state index contributed by atoms with van der Waals surface area (Å²) in [6, 6.07) is 3.78. The van der Waals surface area contributed by atoms with Crippen molar-refractivity contribution < 1.29 is 0 Å². The fraction of sp³-hybridized carbons (Fsp3) is 0.111. The van der Waals surface area contributed by atoms with Gasteiger partial charge >= 0.3 is 0 Å². The summed E-state index contributed by atoms with van der Waals surface area (Å²) in [6.45, 7) is 0. The third kappa shape index (κ3) is 1.26. The Morgan fingerprint density at radius 2 is 2.00 bits per heavy atom. The van der Waals surface area contributed by atoms with Gasteiger partial charge in [-0.1, -0.05) is 0 Å². The van der Waals surface area contributed by atoms with Gasteiger partial charge in [-0.25, -0.2) is 4.98 Å². The second kappa shape index (κ2) is 2.90. The molecule has 0 saturated heterocycles. The van der Waals surface area contributed by atoms with E-state index >= 15 is 0 Å². The highest BCUT2D eigenvalue weighted by Crippen LogP contribution is 2.21. The molecule has 0 aliphatic heterocycles. The highest BCUT2D eigenvalue weighted by Gasteiger charge is 2.06. The molecule has 13 heavy (non-hydrogen) atoms. The lowest BCUT2D eigenvalue weighted by atomic mass is 10.2. The summed E-state index contributed by atoms with van der Waals surface area (Å²) in [6.07, 6.45) is 5.15. The minimum Gasteiger partial charge on any atom is -0.383 e. The number of hydrogen-bond donors (Lipinski definition) is 1. The van der Waals surface area contributed by atoms with Gasteiger partial charge in [-0.05, 0) is 12.1 Å². The van der Waals surface area contributed by atoms with Gasteiger partial charge in [0, 0.05) is 25.0 Å². The van der Waals surface area contributed by atoms with E-state index in [1.807, 2.05) is 19.2 Å². The molecule has 0 spiro atoms. The number of nitrogen functional groups attached to an aromatic ring is 1. The first-order valence-corrected chi connectivity index (χ1v) is 3.96. The number of imidazole rings is 1. The van der Waals surface area contributed by atoms with Crippen LogP contribution in [0.25, 0.3) is 11.3 Å². The summed E-state index contributed by atoms with van der Waals surface area (Å²) >= 11 is 0. The van der Waals surface area contributed by atoms with Crippen molar-refractivity contribution >= 4 is 5.82 Å². The van der Waals surface area contributed by atoms with Crippen LogP contribution in [0.5, 0.6) is 0 Å². The van der Waals surface area contributed by atoms with Crippen LogP contribution in [0.2, 0.25) is 0 Å². The van der Waals surface area contributed by atoms with Crippen LogP contribution in [0, 0.1) is 0 Å². The number of anilines is 1. The van der Waals surface area contributed by atoms with Crippen molar-refractivity contribution in [3.63, 3.8) is 0 Å². The first-order chi connectivity index (χ1) is 6.29. The van der Waals surface area contributed by atoms with Gasteiger partial charge in [-0.15, -0.1) is 0 Å². The largest absolute Gasteiger partial charge is 0.383 e. The number of hydrogen-bond acceptors (Lipinski definition) is 3. The Kier molecular flexibility index (Phi) is 1.73. The zero-order valence-corrected chi connectivity index (χ0v) is 7.31. The number of nitrogens with zero attached hydrogens (tertiary/aromatic N) is 3. The molecule has 2 rings (SSSR count). The molecule has 0 radical (unpaired) electrons. The number of aromatic nitrogens is 3. The van der Waals surface area contributed by atoms with Crippen LogP contribution in [-0.2, 0) is 7.05 Å². The molecule has 4 nitrogen and oxygen atoms in total. The SMILES string of the molecule is Cn1cnc(-c2ccncc2)c1N. The van der Waals surface area contributed by atoms with Crippen molar-refractivity contribution in [2.24, 2.45) is 7.05 Å². The maximum Gasteiger partial charge on any atom is 0.131 e. The monoisotopic (exact) mass is 174 g/mol. The van der Waals surface area contributed by atoms with Crippen LogP contribution >= 0.6 is 0 Å². The van der Waals surface area contributed by atoms with E-state index in [2.05, 4.69) is 9.97 Å². The second-order valence-corrected chi connectivity index (χ2v) is 2.83. The smallest absolute Gasteiger partial charge is 0.131 e. The van der Waals surface area contributed by atoms with E-state index in [9.17, 15) is 0 Å². The Labute approximate surface area is 76.1 Å². The van der Waals surface area contributed by atoms with Gasteiger partial charge in [0.1, 0.15) is 11.5 Å². The lowest BCUT2D eigenvalue weighted by molar-refractivity contribution is 0.925. The van der Waals surface area contributed by atoms with Crippen LogP contribution in [-0.4, -0.2) is 14.5 Å². The summed E-state index contributed by atoms with van der Waals surface area (Å²) in [5.41, 5.74) is 7.62. The summed E-state index contributed by atoms with van der Waals surface area (Å²) < 4.78 is 1.79. The summed E-state index contributed by atoms with van der Waals surface area (Å²) in [5, 5.41) is 0. The van der Waals surface area contributed by atoms with E-state index in [0.717, 1.165) is 11.3 Å². The Hall–Kier alpha value is -1.84. The summed E-state index contributed by atoms with van der Waals surface area (Å²) in [4.78, 5) is 8.13. The van der Waals surface area contributed by atoms with Gasteiger partial charge < -0.3 is 10.3 Å². The zero-order valence-electron chi connectivity index (χ0n) is 7.31. The molecule has 4 heteroatoms. The quantitative estimate of drug-likeness (QED) is 0.703. The predicted octanol–water partition coefficient (Wildman–Crippen LogP) is 1.06. The molecule has 0 aromatic carbocycles. The first kappa shape index (κ1) is 7.79. The van der Waals surface area contributed by atoms with Gasteiger partial charge in [0.2, 0.25) is 0 Å². The Balaban J connectivity index is 2.53. The first-order valence-electron chi connectivity index (χ1n) is 3.96. The molecular weight excluding hydrogens is 164 g/mol. The zero-order chi connectivity index (χ0) is 9.26. The molecule has 2 heterocycles. The van der Waals surface area contributed by atoms with Gasteiger partial charge in [0.15, 0.2) is 0 Å². The molecule has 0 fully saturated rings.